The summed E-state index contributed by atoms with van der Waals surface area (Å²) in [6.07, 6.45) is 0.733. The van der Waals surface area contributed by atoms with Crippen molar-refractivity contribution in [1.82, 2.24) is 15.0 Å². The Balaban J connectivity index is 0.00000187. The highest BCUT2D eigenvalue weighted by molar-refractivity contribution is 5.92. The molecule has 7 aromatic rings. The molecule has 0 unspecified atom stereocenters. The maximum atomic E-state index is 13.8. The van der Waals surface area contributed by atoms with Crippen LogP contribution < -0.4 is 10.5 Å². The lowest BCUT2D eigenvalue weighted by Gasteiger charge is -2.40. The molecule has 62 heavy (non-hydrogen) atoms. The van der Waals surface area contributed by atoms with Gasteiger partial charge in [-0.1, -0.05) is 54.6 Å². The zero-order valence-corrected chi connectivity index (χ0v) is 33.3. The number of nitrogen functional groups attached to an aromatic ring is 1. The van der Waals surface area contributed by atoms with Crippen molar-refractivity contribution in [2.24, 2.45) is 0 Å². The van der Waals surface area contributed by atoms with Crippen LogP contribution in [-0.2, 0) is 57.4 Å². The molecule has 8 rings (SSSR count). The summed E-state index contributed by atoms with van der Waals surface area (Å²) in [5.74, 6) is -3.38. The van der Waals surface area contributed by atoms with Crippen molar-refractivity contribution < 1.29 is 57.9 Å². The van der Waals surface area contributed by atoms with E-state index in [1.165, 1.54) is 18.2 Å². The van der Waals surface area contributed by atoms with Gasteiger partial charge in [0.05, 0.1) is 6.61 Å². The second kappa shape index (κ2) is 19.6. The summed E-state index contributed by atoms with van der Waals surface area (Å²) in [5, 5.41) is 19.7. The fourth-order valence-electron chi connectivity index (χ4n) is 7.53. The number of anilines is 1. The minimum Gasteiger partial charge on any atom is -0.483 e. The Labute approximate surface area is 353 Å². The van der Waals surface area contributed by atoms with Gasteiger partial charge in [0.1, 0.15) is 11.3 Å². The van der Waals surface area contributed by atoms with E-state index < -0.39 is 48.5 Å². The number of para-hydroxylation sites is 3. The molecule has 4 aromatic carbocycles. The zero-order valence-electron chi connectivity index (χ0n) is 33.3. The summed E-state index contributed by atoms with van der Waals surface area (Å²) in [6.45, 7) is -0.579. The average Bonchev–Trinajstić information content (AvgIpc) is 4.01. The number of aryl methyl sites for hydroxylation is 3. The Hall–Kier alpha value is -7.59. The molecule has 0 saturated carbocycles. The number of carbonyl (C=O) groups is 5. The van der Waals surface area contributed by atoms with Crippen LogP contribution in [0.2, 0.25) is 0 Å². The predicted octanol–water partition coefficient (Wildman–Crippen LogP) is 6.48. The highest BCUT2D eigenvalue weighted by Crippen LogP contribution is 2.31. The second-order valence-corrected chi connectivity index (χ2v) is 14.5. The van der Waals surface area contributed by atoms with Gasteiger partial charge in [-0.15, -0.1) is 0 Å². The third-order valence-electron chi connectivity index (χ3n) is 10.5. The van der Waals surface area contributed by atoms with E-state index in [2.05, 4.69) is 15.0 Å². The molecule has 1 saturated heterocycles. The molecule has 0 amide bonds. The van der Waals surface area contributed by atoms with E-state index in [-0.39, 0.29) is 49.3 Å². The first-order valence-electron chi connectivity index (χ1n) is 19.8. The average molecular weight is 845 g/mol. The number of aromatic carboxylic acids is 1. The van der Waals surface area contributed by atoms with Crippen LogP contribution in [0.3, 0.4) is 0 Å². The summed E-state index contributed by atoms with van der Waals surface area (Å²) in [6, 6.07) is 27.2. The van der Waals surface area contributed by atoms with Gasteiger partial charge in [0, 0.05) is 76.2 Å². The number of esters is 3. The molecule has 4 atom stereocenters. The SMILES string of the molecule is Nc1ccc(O[C@@H]2OC[C@@H](OC(=O)CCc3c[nH]c4ccccc34)[C@H](OC(=O)CCc3c[nH]c4ccccc34)[C@H]2OC(=O)CCc2c[nH]c3ccccc23)c(C(=O)O)c1.O=CO. The van der Waals surface area contributed by atoms with Gasteiger partial charge < -0.3 is 54.6 Å². The normalized spacial score (nSPS) is 17.2. The molecule has 1 aliphatic heterocycles. The number of aromatic amines is 3. The van der Waals surface area contributed by atoms with Crippen molar-refractivity contribution in [1.29, 1.82) is 0 Å². The topological polar surface area (TPSA) is 245 Å². The number of carboxylic acid groups (broad SMARTS) is 2. The molecule has 7 N–H and O–H groups in total. The minimum atomic E-state index is -1.50. The summed E-state index contributed by atoms with van der Waals surface area (Å²) in [7, 11) is 0. The lowest BCUT2D eigenvalue weighted by atomic mass is 10.0. The van der Waals surface area contributed by atoms with E-state index in [1.54, 1.807) is 0 Å². The number of ether oxygens (including phenoxy) is 5. The van der Waals surface area contributed by atoms with Crippen molar-refractivity contribution >= 4 is 68.7 Å². The molecule has 16 nitrogen and oxygen atoms in total. The third-order valence-corrected chi connectivity index (χ3v) is 10.5. The molecule has 1 fully saturated rings. The number of rotatable bonds is 15. The van der Waals surface area contributed by atoms with E-state index in [0.717, 1.165) is 49.4 Å². The highest BCUT2D eigenvalue weighted by atomic mass is 16.7. The lowest BCUT2D eigenvalue weighted by Crippen LogP contribution is -2.59. The summed E-state index contributed by atoms with van der Waals surface area (Å²) in [5.41, 5.74) is 11.3. The van der Waals surface area contributed by atoms with Crippen LogP contribution in [0.25, 0.3) is 32.7 Å². The largest absolute Gasteiger partial charge is 0.483 e. The smallest absolute Gasteiger partial charge is 0.339 e. The summed E-state index contributed by atoms with van der Waals surface area (Å²) < 4.78 is 30.3. The Morgan fingerprint density at radius 3 is 1.56 bits per heavy atom. The van der Waals surface area contributed by atoms with Crippen molar-refractivity contribution in [2.45, 2.75) is 63.1 Å². The van der Waals surface area contributed by atoms with E-state index >= 15 is 0 Å². The van der Waals surface area contributed by atoms with Gasteiger partial charge >= 0.3 is 23.9 Å². The molecular weight excluding hydrogens is 801 g/mol. The quantitative estimate of drug-likeness (QED) is 0.0280. The van der Waals surface area contributed by atoms with E-state index in [0.29, 0.717) is 19.3 Å². The number of fused-ring (bicyclic) bond motifs is 3. The Morgan fingerprint density at radius 2 is 1.10 bits per heavy atom. The second-order valence-electron chi connectivity index (χ2n) is 14.5. The number of hydrogen-bond donors (Lipinski definition) is 6. The molecule has 4 heterocycles. The molecule has 0 spiro atoms. The Kier molecular flexibility index (Phi) is 13.5. The summed E-state index contributed by atoms with van der Waals surface area (Å²) >= 11 is 0. The number of benzene rings is 4. The van der Waals surface area contributed by atoms with Gasteiger partial charge in [-0.05, 0) is 72.4 Å². The zero-order chi connectivity index (χ0) is 43.6. The van der Waals surface area contributed by atoms with Crippen LogP contribution in [0.5, 0.6) is 5.75 Å². The number of aromatic nitrogens is 3. The van der Waals surface area contributed by atoms with Crippen LogP contribution >= 0.6 is 0 Å². The number of nitrogens with one attached hydrogen (secondary N) is 3. The first kappa shape index (κ1) is 42.5. The van der Waals surface area contributed by atoms with Crippen LogP contribution in [0.4, 0.5) is 5.69 Å². The fourth-order valence-corrected chi connectivity index (χ4v) is 7.53. The van der Waals surface area contributed by atoms with Gasteiger partial charge in [0.15, 0.2) is 12.2 Å². The standard InChI is InChI=1S/C45H42N4O10.CH2O2/c46-29-16-17-37(33(21-29)44(53)54)57-45-43(59-41(52)20-15-28-24-49-36-12-6-3-9-32(28)36)42(58-40(51)19-14-27-23-48-35-11-5-2-8-31(27)35)38(25-55-45)56-39(50)18-13-26-22-47-34-10-4-1-7-30(26)34;2-1-3/h1-12,16-17,21-24,38,42-43,45,47-49H,13-15,18-20,25,46H2,(H,53,54);1H,(H,2,3)/t38-,42+,43-,45+;/m1./s1. The maximum Gasteiger partial charge on any atom is 0.339 e. The monoisotopic (exact) mass is 844 g/mol. The van der Waals surface area contributed by atoms with Crippen LogP contribution in [0.1, 0.15) is 46.3 Å². The number of carbonyl (C=O) groups excluding carboxylic acids is 3. The fraction of sp³-hybridized carbons (Fsp3) is 0.239. The molecule has 3 aromatic heterocycles. The minimum absolute atomic E-state index is 0.0119. The molecule has 0 aliphatic carbocycles. The maximum absolute atomic E-state index is 13.8. The van der Waals surface area contributed by atoms with Crippen LogP contribution in [0, 0.1) is 0 Å². The van der Waals surface area contributed by atoms with Crippen molar-refractivity contribution in [2.75, 3.05) is 12.3 Å². The molecule has 320 valence electrons. The van der Waals surface area contributed by atoms with Gasteiger partial charge in [-0.3, -0.25) is 19.2 Å². The number of carboxylic acids is 1. The van der Waals surface area contributed by atoms with Gasteiger partial charge in [-0.2, -0.15) is 0 Å². The van der Waals surface area contributed by atoms with E-state index in [1.807, 2.05) is 91.4 Å². The lowest BCUT2D eigenvalue weighted by molar-refractivity contribution is -0.261. The third kappa shape index (κ3) is 10.0. The molecule has 0 bridgehead atoms. The predicted molar refractivity (Wildman–Crippen MR) is 226 cm³/mol. The van der Waals surface area contributed by atoms with Crippen molar-refractivity contribution in [3.8, 4) is 5.75 Å². The van der Waals surface area contributed by atoms with E-state index in [4.69, 9.17) is 39.3 Å². The van der Waals surface area contributed by atoms with Crippen LogP contribution in [-0.4, -0.2) is 86.7 Å². The Bertz CT molecular complexity index is 2700. The first-order chi connectivity index (χ1) is 30.1. The van der Waals surface area contributed by atoms with Crippen LogP contribution in [0.15, 0.2) is 110 Å². The van der Waals surface area contributed by atoms with Gasteiger partial charge in [0.2, 0.25) is 12.4 Å². The molecule has 16 heteroatoms. The summed E-state index contributed by atoms with van der Waals surface area (Å²) in [4.78, 5) is 71.2. The van der Waals surface area contributed by atoms with Gasteiger partial charge in [0.25, 0.3) is 6.47 Å². The highest BCUT2D eigenvalue weighted by Gasteiger charge is 2.49. The van der Waals surface area contributed by atoms with Crippen molar-refractivity contribution in [3.63, 3.8) is 0 Å². The molecule has 1 aliphatic rings. The molecular formula is C46H44N4O12. The molecule has 0 radical (unpaired) electrons. The number of H-pyrrole nitrogens is 3. The number of hydrogen-bond acceptors (Lipinski definition) is 11. The van der Waals surface area contributed by atoms with Gasteiger partial charge in [-0.25, -0.2) is 4.79 Å². The Morgan fingerprint density at radius 1 is 0.661 bits per heavy atom. The van der Waals surface area contributed by atoms with Crippen molar-refractivity contribution in [3.05, 3.63) is 132 Å². The number of nitrogens with two attached hydrogens (primary N) is 1. The first-order valence-corrected chi connectivity index (χ1v) is 19.8. The van der Waals surface area contributed by atoms with E-state index in [9.17, 15) is 24.3 Å².